The van der Waals surface area contributed by atoms with E-state index in [-0.39, 0.29) is 69.1 Å². The zero-order chi connectivity index (χ0) is 101. The van der Waals surface area contributed by atoms with Crippen LogP contribution in [0.25, 0.3) is 0 Å². The number of hydrogen-bond acceptors (Lipinski definition) is 34. The molecule has 0 fully saturated rings. The maximum Gasteiger partial charge on any atom is 0.346 e. The number of nitrogens with two attached hydrogens (primary N) is 1. The normalized spacial score (nSPS) is 18.1. The van der Waals surface area contributed by atoms with E-state index in [1.807, 2.05) is 123 Å². The van der Waals surface area contributed by atoms with Crippen LogP contribution in [0.2, 0.25) is 10.1 Å². The van der Waals surface area contributed by atoms with Gasteiger partial charge in [0.05, 0.1) is 7.11 Å². The van der Waals surface area contributed by atoms with Crippen LogP contribution in [0.5, 0.6) is 0 Å². The molecule has 0 saturated carbocycles. The van der Waals surface area contributed by atoms with Gasteiger partial charge in [0.1, 0.15) is 43.6 Å². The number of nitrogens with zero attached hydrogens (tertiary/aromatic N) is 3. The van der Waals surface area contributed by atoms with E-state index in [2.05, 4.69) is 86.5 Å². The number of sulfonamides is 6. The minimum absolute atomic E-state index is 0.0520. The zero-order valence-corrected chi connectivity index (χ0v) is 88.5. The topological polar surface area (TPSA) is 506 Å². The molecule has 0 bridgehead atoms. The number of likely N-dealkylation sites (N-methyl/N-ethyl adjacent to an activating group) is 3. The van der Waals surface area contributed by atoms with Crippen molar-refractivity contribution in [3.63, 3.8) is 0 Å². The number of nitrogens with one attached hydrogen (secondary N) is 5. The Hall–Kier alpha value is -7.59. The van der Waals surface area contributed by atoms with E-state index in [1.54, 1.807) is 25.7 Å². The maximum absolute atomic E-state index is 13.5. The van der Waals surface area contributed by atoms with E-state index in [0.717, 1.165) is 34.6 Å². The molecule has 48 heteroatoms. The predicted molar refractivity (Wildman–Crippen MR) is 517 cm³/mol. The number of methoxy groups -OCH3 is 4. The van der Waals surface area contributed by atoms with Crippen molar-refractivity contribution in [2.75, 3.05) is 107 Å². The fraction of sp³-hybridized carbons (Fsp3) is 0.517. The van der Waals surface area contributed by atoms with Gasteiger partial charge < -0.3 is 63.1 Å². The Morgan fingerprint density at radius 2 is 0.696 bits per heavy atom. The highest BCUT2D eigenvalue weighted by Gasteiger charge is 2.55. The summed E-state index contributed by atoms with van der Waals surface area (Å²) in [6.07, 6.45) is -5.94. The second-order valence-corrected chi connectivity index (χ2v) is 57.3. The largest absolute Gasteiger partial charge is 0.466 e. The quantitative estimate of drug-likeness (QED) is 0.0103. The van der Waals surface area contributed by atoms with Crippen molar-refractivity contribution in [2.24, 2.45) is 5.14 Å². The molecule has 0 spiro atoms. The van der Waals surface area contributed by atoms with Gasteiger partial charge in [0, 0.05) is 115 Å². The van der Waals surface area contributed by atoms with Gasteiger partial charge in [-0.15, -0.1) is 34.0 Å². The van der Waals surface area contributed by atoms with E-state index in [0.29, 0.717) is 116 Å². The average Bonchev–Trinajstić information content (AvgIpc) is 0.828. The summed E-state index contributed by atoms with van der Waals surface area (Å²) in [5.74, 6) is -5.34. The number of ether oxygens (including phenoxy) is 7. The summed E-state index contributed by atoms with van der Waals surface area (Å²) in [5.41, 5.74) is 1.11. The molecule has 7 aromatic rings. The number of fused-ring (bicyclic) bond motifs is 3. The summed E-state index contributed by atoms with van der Waals surface area (Å²) in [5, 5.41) is 27.2. The first kappa shape index (κ1) is 114. The van der Waals surface area contributed by atoms with Crippen LogP contribution in [0.4, 0.5) is 0 Å². The van der Waals surface area contributed by atoms with Crippen LogP contribution in [0.1, 0.15) is 158 Å². The van der Waals surface area contributed by atoms with Gasteiger partial charge >= 0.3 is 23.9 Å². The van der Waals surface area contributed by atoms with Crippen molar-refractivity contribution in [1.82, 2.24) is 38.3 Å². The highest BCUT2D eigenvalue weighted by Crippen LogP contribution is 2.45. The van der Waals surface area contributed by atoms with Crippen molar-refractivity contribution < 1.29 is 126 Å². The minimum atomic E-state index is -4.53. The van der Waals surface area contributed by atoms with Crippen molar-refractivity contribution in [3.8, 4) is 0 Å². The lowest BCUT2D eigenvalue weighted by Crippen LogP contribution is -2.68. The number of aliphatic hydroxyl groups excluding tert-OH is 1. The molecule has 0 aliphatic carbocycles. The summed E-state index contributed by atoms with van der Waals surface area (Å²) >= 11 is 1.82. The molecule has 3 aliphatic rings. The van der Waals surface area contributed by atoms with Crippen molar-refractivity contribution in [1.29, 1.82) is 0 Å². The Balaban J connectivity index is 0.000000256. The molecular formula is C87H127N9O28S9Si2. The monoisotopic (exact) mass is 2090 g/mol. The van der Waals surface area contributed by atoms with Gasteiger partial charge in [-0.1, -0.05) is 184 Å². The molecular weight excluding hydrogens is 1960 g/mol. The molecule has 135 heavy (non-hydrogen) atoms. The molecule has 3 aliphatic heterocycles. The van der Waals surface area contributed by atoms with Crippen molar-refractivity contribution in [2.45, 2.75) is 213 Å². The third-order valence-electron chi connectivity index (χ3n) is 21.7. The first-order valence-corrected chi connectivity index (χ1v) is 58.5. The predicted octanol–water partition coefficient (Wildman–Crippen LogP) is 5.84. The smallest absolute Gasteiger partial charge is 0.346 e. The van der Waals surface area contributed by atoms with Crippen LogP contribution in [0.3, 0.4) is 0 Å². The Bertz CT molecular complexity index is 5800. The van der Waals surface area contributed by atoms with Crippen molar-refractivity contribution in [3.05, 3.63) is 156 Å². The highest BCUT2D eigenvalue weighted by atomic mass is 32.3. The first-order chi connectivity index (χ1) is 63.2. The van der Waals surface area contributed by atoms with Gasteiger partial charge in [-0.05, 0) is 129 Å². The zero-order valence-electron chi connectivity index (χ0n) is 79.1. The molecule has 0 radical (unpaired) electrons. The number of esters is 4. The van der Waals surface area contributed by atoms with Crippen LogP contribution in [-0.2, 0) is 131 Å². The number of rotatable bonds is 40. The molecule has 37 nitrogen and oxygen atoms in total. The molecule has 750 valence electrons. The Kier molecular flexibility index (Phi) is 41.9. The Labute approximate surface area is 807 Å². The van der Waals surface area contributed by atoms with E-state index < -0.39 is 166 Å². The molecule has 2 amide bonds. The Morgan fingerprint density at radius 1 is 0.430 bits per heavy atom. The summed E-state index contributed by atoms with van der Waals surface area (Å²) in [7, 11) is -24.7. The standard InChI is InChI=1S/C34H47N3O9S3Si.C23H30O5Si.C18H29N3O9S3.C12H21N3O5S3/c1-8-35-29-23-37(20-15-21-44-7)49(42,43)33-28(29)22-30(47-33)48(40,41)36-31(38)24(2)45-32(39)25(3)46-50(34(4,5)6,26-16-11-9-12-17-26)27-18-13-10-14-19-27;1-17(21(24)26-6)27-22(25)18(2)28-29(23(3,4)5,19-13-9-7-10-14-19)20-15-11-8-12-16-20;1-5-19-14-10-21(7-6-8-29-4)33(27,28)18-13(14)9-15(31-18)32(25,26)20-16(23)12(3)30-17(24)11(2)22;1-3-14-10-8-15(5-4-6-20-2)23(18,19)12-9(10)7-11(21-12)22(13,16)17/h9-14,16-19,22,24-25,29,35H,8,15,20-21,23H2,1-7H3,(H,36,38);7-18H,1-6H3;9,11-12,14,19,22H,5-8,10H2,1-4H3,(H,20,23);7,10,14H,3-6,8H2,1-2H3,(H2,13,16,17)/t24-,25-,29-;17-,18+;11-,12-,14-;10-/m0100/s1. The number of thiophene rings is 3. The lowest BCUT2D eigenvalue weighted by molar-refractivity contribution is -0.169. The summed E-state index contributed by atoms with van der Waals surface area (Å²) in [6, 6.07) is 42.3. The van der Waals surface area contributed by atoms with Gasteiger partial charge in [0.15, 0.2) is 18.3 Å². The molecule has 9 atom stereocenters. The van der Waals surface area contributed by atoms with E-state index >= 15 is 0 Å². The van der Waals surface area contributed by atoms with Gasteiger partial charge in [-0.2, -0.15) is 12.9 Å². The maximum atomic E-state index is 13.5. The summed E-state index contributed by atoms with van der Waals surface area (Å²) in [6.45, 7) is 30.6. The van der Waals surface area contributed by atoms with Gasteiger partial charge in [-0.3, -0.25) is 9.59 Å². The molecule has 8 N–H and O–H groups in total. The number of aliphatic hydroxyl groups is 1. The lowest BCUT2D eigenvalue weighted by atomic mass is 10.1. The van der Waals surface area contributed by atoms with E-state index in [9.17, 15) is 79.3 Å². The van der Waals surface area contributed by atoms with E-state index in [4.69, 9.17) is 47.5 Å². The van der Waals surface area contributed by atoms with Crippen LogP contribution < -0.4 is 51.3 Å². The van der Waals surface area contributed by atoms with Gasteiger partial charge in [0.2, 0.25) is 10.0 Å². The summed E-state index contributed by atoms with van der Waals surface area (Å²) in [4.78, 5) is 74.6. The average molecular weight is 2090 g/mol. The number of carbonyl (C=O) groups excluding carboxylic acids is 6. The van der Waals surface area contributed by atoms with Crippen LogP contribution in [0.15, 0.2) is 165 Å². The van der Waals surface area contributed by atoms with Gasteiger partial charge in [0.25, 0.3) is 78.6 Å². The third-order valence-corrected chi connectivity index (χ3v) is 47.6. The van der Waals surface area contributed by atoms with Crippen LogP contribution in [-0.4, -0.2) is 265 Å². The highest BCUT2D eigenvalue weighted by molar-refractivity contribution is 7.95. The number of carbonyl (C=O) groups is 6. The Morgan fingerprint density at radius 3 is 0.948 bits per heavy atom. The number of hydrogen-bond donors (Lipinski definition) is 7. The van der Waals surface area contributed by atoms with Crippen molar-refractivity contribution >= 4 is 167 Å². The lowest BCUT2D eigenvalue weighted by Gasteiger charge is -2.44. The van der Waals surface area contributed by atoms with Gasteiger partial charge in [-0.25, -0.2) is 84.3 Å². The third kappa shape index (κ3) is 28.4. The number of benzene rings is 4. The molecule has 3 aromatic heterocycles. The second-order valence-electron chi connectivity index (χ2n) is 33.7. The number of primary sulfonamides is 1. The first-order valence-electron chi connectivity index (χ1n) is 43.4. The molecule has 10 rings (SSSR count). The van der Waals surface area contributed by atoms with E-state index in [1.165, 1.54) is 66.3 Å². The molecule has 4 aromatic carbocycles. The molecule has 0 saturated heterocycles. The molecule has 0 unspecified atom stereocenters. The fourth-order valence-electron chi connectivity index (χ4n) is 15.1. The second kappa shape index (κ2) is 49.5. The van der Waals surface area contributed by atoms with Crippen LogP contribution in [0, 0.1) is 0 Å². The summed E-state index contributed by atoms with van der Waals surface area (Å²) < 4.78 is 209. The minimum Gasteiger partial charge on any atom is -0.466 e. The SMILES string of the molecule is CCN[C@H]1CN(CCCOC)S(=O)(=O)c2sc(S(=O)(=O)NC(=O)[C@H](C)OC(=O)[C@H](C)O)cc21.CCN[C@H]1CN(CCCOC)S(=O)(=O)c2sc(S(=O)(=O)NC(=O)[C@H](C)OC(=O)[C@H](C)O[Si](c3ccccc3)(c3ccccc3)C(C)(C)C)cc21.CCN[C@H]1CN(CCCOC)S(=O)(=O)c2sc(S(N)(=O)=O)cc21.COC(=O)[C@@H](C)OC(=O)[C@H](C)O[Si](c1ccccc1)(c1ccccc1)C(C)(C)C. The fourth-order valence-corrected chi connectivity index (χ4v) is 38.6. The van der Waals surface area contributed by atoms with Crippen LogP contribution >= 0.6 is 34.0 Å². The number of amides is 2. The molecule has 6 heterocycles.